The first-order valence-electron chi connectivity index (χ1n) is 6.82. The van der Waals surface area contributed by atoms with Crippen LogP contribution < -0.4 is 5.32 Å². The van der Waals surface area contributed by atoms with Crippen LogP contribution in [0.1, 0.15) is 64.7 Å². The fourth-order valence-electron chi connectivity index (χ4n) is 3.24. The zero-order valence-electron chi connectivity index (χ0n) is 10.1. The summed E-state index contributed by atoms with van der Waals surface area (Å²) < 4.78 is 0. The van der Waals surface area contributed by atoms with Crippen LogP contribution in [0.25, 0.3) is 0 Å². The summed E-state index contributed by atoms with van der Waals surface area (Å²) in [6, 6.07) is 0. The van der Waals surface area contributed by atoms with Crippen LogP contribution in [-0.4, -0.2) is 12.1 Å². The van der Waals surface area contributed by atoms with Gasteiger partial charge in [0, 0.05) is 5.54 Å². The maximum Gasteiger partial charge on any atom is 0.0391 e. The lowest BCUT2D eigenvalue weighted by molar-refractivity contribution is 0.404. The largest absolute Gasteiger partial charge is 0.308 e. The molecule has 1 fully saturated rings. The predicted molar refractivity (Wildman–Crippen MR) is 66.0 cm³/mol. The molecule has 1 nitrogen and oxygen atoms in total. The van der Waals surface area contributed by atoms with E-state index in [0.29, 0.717) is 5.54 Å². The fourth-order valence-corrected chi connectivity index (χ4v) is 3.24. The van der Waals surface area contributed by atoms with E-state index in [2.05, 4.69) is 18.3 Å². The summed E-state index contributed by atoms with van der Waals surface area (Å²) in [5, 5.41) is 3.77. The molecule has 1 N–H and O–H groups in total. The summed E-state index contributed by atoms with van der Waals surface area (Å²) in [6.45, 7) is 3.57. The van der Waals surface area contributed by atoms with Gasteiger partial charge in [0.25, 0.3) is 0 Å². The SMILES string of the molecule is CCC1(C2=CCCCCCC2)CCCN1. The van der Waals surface area contributed by atoms with Gasteiger partial charge in [0.1, 0.15) is 0 Å². The van der Waals surface area contributed by atoms with Gasteiger partial charge in [-0.25, -0.2) is 0 Å². The Morgan fingerprint density at radius 1 is 1.20 bits per heavy atom. The third kappa shape index (κ3) is 2.44. The zero-order valence-corrected chi connectivity index (χ0v) is 10.1. The summed E-state index contributed by atoms with van der Waals surface area (Å²) in [5.74, 6) is 0. The first kappa shape index (κ1) is 11.2. The summed E-state index contributed by atoms with van der Waals surface area (Å²) >= 11 is 0. The van der Waals surface area contributed by atoms with Crippen LogP contribution in [-0.2, 0) is 0 Å². The van der Waals surface area contributed by atoms with Crippen molar-refractivity contribution >= 4 is 0 Å². The van der Waals surface area contributed by atoms with Crippen molar-refractivity contribution in [3.05, 3.63) is 11.6 Å². The van der Waals surface area contributed by atoms with E-state index in [1.165, 1.54) is 64.3 Å². The lowest BCUT2D eigenvalue weighted by atomic mass is 9.81. The first-order chi connectivity index (χ1) is 7.37. The standard InChI is InChI=1S/C14H25N/c1-2-14(11-8-12-15-14)13-9-6-4-3-5-7-10-13/h9,15H,2-8,10-12H2,1H3. The second-order valence-corrected chi connectivity index (χ2v) is 5.15. The number of nitrogens with one attached hydrogen (secondary N) is 1. The highest BCUT2D eigenvalue weighted by Gasteiger charge is 2.34. The molecule has 0 aromatic heterocycles. The van der Waals surface area contributed by atoms with Crippen LogP contribution in [0.15, 0.2) is 11.6 Å². The summed E-state index contributed by atoms with van der Waals surface area (Å²) in [5.41, 5.74) is 2.14. The highest BCUT2D eigenvalue weighted by Crippen LogP contribution is 2.35. The van der Waals surface area contributed by atoms with Crippen molar-refractivity contribution in [1.29, 1.82) is 0 Å². The molecule has 1 aliphatic heterocycles. The molecule has 15 heavy (non-hydrogen) atoms. The van der Waals surface area contributed by atoms with Crippen molar-refractivity contribution in [3.8, 4) is 0 Å². The fraction of sp³-hybridized carbons (Fsp3) is 0.857. The Hall–Kier alpha value is -0.300. The van der Waals surface area contributed by atoms with Crippen LogP contribution in [0.2, 0.25) is 0 Å². The molecule has 1 unspecified atom stereocenters. The molecule has 1 heteroatoms. The third-order valence-corrected chi connectivity index (χ3v) is 4.25. The van der Waals surface area contributed by atoms with E-state index in [1.54, 1.807) is 5.57 Å². The van der Waals surface area contributed by atoms with Crippen LogP contribution in [0.3, 0.4) is 0 Å². The zero-order chi connectivity index (χ0) is 10.6. The van der Waals surface area contributed by atoms with Gasteiger partial charge in [-0.05, 0) is 51.5 Å². The number of hydrogen-bond acceptors (Lipinski definition) is 1. The average Bonchev–Trinajstić information content (AvgIpc) is 2.67. The minimum atomic E-state index is 0.400. The topological polar surface area (TPSA) is 12.0 Å². The first-order valence-corrected chi connectivity index (χ1v) is 6.82. The molecule has 0 aromatic carbocycles. The van der Waals surface area contributed by atoms with Gasteiger partial charge in [-0.3, -0.25) is 0 Å². The van der Waals surface area contributed by atoms with E-state index in [4.69, 9.17) is 0 Å². The molecule has 2 aliphatic rings. The molecule has 0 spiro atoms. The molecular weight excluding hydrogens is 182 g/mol. The third-order valence-electron chi connectivity index (χ3n) is 4.25. The number of rotatable bonds is 2. The second kappa shape index (κ2) is 5.16. The number of hydrogen-bond donors (Lipinski definition) is 1. The predicted octanol–water partition coefficient (Wildman–Crippen LogP) is 3.80. The van der Waals surface area contributed by atoms with Crippen LogP contribution in [0.5, 0.6) is 0 Å². The van der Waals surface area contributed by atoms with Gasteiger partial charge in [0.05, 0.1) is 0 Å². The average molecular weight is 207 g/mol. The minimum Gasteiger partial charge on any atom is -0.308 e. The van der Waals surface area contributed by atoms with Crippen molar-refractivity contribution in [2.75, 3.05) is 6.54 Å². The van der Waals surface area contributed by atoms with Crippen LogP contribution >= 0.6 is 0 Å². The van der Waals surface area contributed by atoms with Crippen molar-refractivity contribution in [2.45, 2.75) is 70.3 Å². The van der Waals surface area contributed by atoms with Gasteiger partial charge in [-0.15, -0.1) is 0 Å². The van der Waals surface area contributed by atoms with Crippen LogP contribution in [0, 0.1) is 0 Å². The van der Waals surface area contributed by atoms with Gasteiger partial charge in [-0.1, -0.05) is 31.4 Å². The Bertz CT molecular complexity index is 223. The highest BCUT2D eigenvalue weighted by molar-refractivity contribution is 5.22. The molecule has 86 valence electrons. The van der Waals surface area contributed by atoms with Gasteiger partial charge in [0.2, 0.25) is 0 Å². The quantitative estimate of drug-likeness (QED) is 0.679. The van der Waals surface area contributed by atoms with Crippen molar-refractivity contribution in [3.63, 3.8) is 0 Å². The van der Waals surface area contributed by atoms with Gasteiger partial charge < -0.3 is 5.32 Å². The van der Waals surface area contributed by atoms with Crippen molar-refractivity contribution < 1.29 is 0 Å². The molecule has 2 rings (SSSR count). The van der Waals surface area contributed by atoms with E-state index in [9.17, 15) is 0 Å². The van der Waals surface area contributed by atoms with E-state index >= 15 is 0 Å². The number of allylic oxidation sites excluding steroid dienone is 1. The Kier molecular flexibility index (Phi) is 3.85. The summed E-state index contributed by atoms with van der Waals surface area (Å²) in [6.07, 6.45) is 14.9. The summed E-state index contributed by atoms with van der Waals surface area (Å²) in [7, 11) is 0. The Morgan fingerprint density at radius 2 is 2.07 bits per heavy atom. The Labute approximate surface area is 94.3 Å². The molecule has 0 aromatic rings. The van der Waals surface area contributed by atoms with Gasteiger partial charge in [-0.2, -0.15) is 0 Å². The monoisotopic (exact) mass is 207 g/mol. The molecular formula is C14H25N. The van der Waals surface area contributed by atoms with Gasteiger partial charge in [0.15, 0.2) is 0 Å². The molecule has 1 aliphatic carbocycles. The summed E-state index contributed by atoms with van der Waals surface area (Å²) in [4.78, 5) is 0. The lowest BCUT2D eigenvalue weighted by Crippen LogP contribution is -2.41. The maximum atomic E-state index is 3.77. The van der Waals surface area contributed by atoms with E-state index in [-0.39, 0.29) is 0 Å². The minimum absolute atomic E-state index is 0.400. The molecule has 1 saturated heterocycles. The Morgan fingerprint density at radius 3 is 2.80 bits per heavy atom. The molecule has 0 amide bonds. The highest BCUT2D eigenvalue weighted by atomic mass is 15.0. The van der Waals surface area contributed by atoms with Crippen LogP contribution in [0.4, 0.5) is 0 Å². The molecule has 0 radical (unpaired) electrons. The maximum absolute atomic E-state index is 3.77. The normalized spacial score (nSPS) is 33.3. The molecule has 1 heterocycles. The lowest BCUT2D eigenvalue weighted by Gasteiger charge is -2.32. The molecule has 0 saturated carbocycles. The molecule has 0 bridgehead atoms. The van der Waals surface area contributed by atoms with Crippen molar-refractivity contribution in [2.24, 2.45) is 0 Å². The van der Waals surface area contributed by atoms with Gasteiger partial charge >= 0.3 is 0 Å². The van der Waals surface area contributed by atoms with E-state index < -0.39 is 0 Å². The molecule has 1 atom stereocenters. The smallest absolute Gasteiger partial charge is 0.0391 e. The van der Waals surface area contributed by atoms with E-state index in [1.807, 2.05) is 0 Å². The van der Waals surface area contributed by atoms with E-state index in [0.717, 1.165) is 0 Å². The Balaban J connectivity index is 2.10. The van der Waals surface area contributed by atoms with Crippen molar-refractivity contribution in [1.82, 2.24) is 5.32 Å². The second-order valence-electron chi connectivity index (χ2n) is 5.15.